The molecule has 7 nitrogen and oxygen atoms in total. The molecule has 0 spiro atoms. The van der Waals surface area contributed by atoms with Gasteiger partial charge >= 0.3 is 5.97 Å². The Labute approximate surface area is 168 Å². The van der Waals surface area contributed by atoms with Crippen LogP contribution in [-0.2, 0) is 20.7 Å². The van der Waals surface area contributed by atoms with Crippen molar-refractivity contribution in [3.05, 3.63) is 80.8 Å². The lowest BCUT2D eigenvalue weighted by atomic mass is 10.0. The van der Waals surface area contributed by atoms with E-state index in [1.54, 1.807) is 0 Å². The highest BCUT2D eigenvalue weighted by Crippen LogP contribution is 2.27. The van der Waals surface area contributed by atoms with Gasteiger partial charge in [-0.05, 0) is 38.3 Å². The third-order valence-electron chi connectivity index (χ3n) is 4.02. The topological polar surface area (TPSA) is 98.5 Å². The van der Waals surface area contributed by atoms with Crippen LogP contribution in [0.2, 0.25) is 0 Å². The van der Waals surface area contributed by atoms with Crippen LogP contribution in [-0.4, -0.2) is 23.4 Å². The van der Waals surface area contributed by atoms with E-state index in [9.17, 15) is 19.7 Å². The Bertz CT molecular complexity index is 1060. The molecular formula is C20H15BrN2O5. The number of hydrogen-bond acceptors (Lipinski definition) is 5. The molecule has 3 rings (SSSR count). The van der Waals surface area contributed by atoms with Crippen LogP contribution < -0.4 is 5.32 Å². The van der Waals surface area contributed by atoms with Gasteiger partial charge in [-0.25, -0.2) is 0 Å². The Balaban J connectivity index is 1.57. The predicted octanol–water partition coefficient (Wildman–Crippen LogP) is 4.23. The summed E-state index contributed by atoms with van der Waals surface area (Å²) in [4.78, 5) is 34.3. The van der Waals surface area contributed by atoms with Crippen LogP contribution in [0.5, 0.6) is 0 Å². The van der Waals surface area contributed by atoms with Gasteiger partial charge in [-0.1, -0.05) is 42.5 Å². The number of hydrogen-bond donors (Lipinski definition) is 1. The number of nitrogens with one attached hydrogen (secondary N) is 1. The maximum Gasteiger partial charge on any atom is 0.310 e. The van der Waals surface area contributed by atoms with Crippen LogP contribution in [0.4, 0.5) is 11.4 Å². The Hall–Kier alpha value is -3.26. The number of carbonyl (C=O) groups excluding carboxylic acids is 2. The second-order valence-electron chi connectivity index (χ2n) is 5.95. The number of rotatable bonds is 6. The standard InChI is InChI=1S/C20H15BrN2O5/c21-17-11-15(23(26)27)8-9-18(17)22-19(24)12-28-20(25)10-14-6-3-5-13-4-1-2-7-16(13)14/h1-9,11H,10,12H2,(H,22,24). The van der Waals surface area contributed by atoms with E-state index in [1.165, 1.54) is 18.2 Å². The molecule has 0 atom stereocenters. The van der Waals surface area contributed by atoms with Gasteiger partial charge < -0.3 is 10.1 Å². The van der Waals surface area contributed by atoms with Crippen LogP contribution in [0.15, 0.2) is 65.1 Å². The molecule has 0 unspecified atom stereocenters. The number of esters is 1. The number of benzene rings is 3. The van der Waals surface area contributed by atoms with Gasteiger partial charge in [0, 0.05) is 16.6 Å². The number of anilines is 1. The number of nitro benzene ring substituents is 1. The van der Waals surface area contributed by atoms with Gasteiger partial charge in [-0.2, -0.15) is 0 Å². The van der Waals surface area contributed by atoms with E-state index in [2.05, 4.69) is 21.2 Å². The Morgan fingerprint density at radius 2 is 1.82 bits per heavy atom. The Morgan fingerprint density at radius 3 is 2.57 bits per heavy atom. The minimum Gasteiger partial charge on any atom is -0.455 e. The third-order valence-corrected chi connectivity index (χ3v) is 4.67. The molecule has 3 aromatic rings. The van der Waals surface area contributed by atoms with E-state index in [0.29, 0.717) is 10.2 Å². The van der Waals surface area contributed by atoms with Crippen molar-refractivity contribution in [2.75, 3.05) is 11.9 Å². The number of amides is 1. The largest absolute Gasteiger partial charge is 0.455 e. The van der Waals surface area contributed by atoms with Crippen LogP contribution in [0.3, 0.4) is 0 Å². The van der Waals surface area contributed by atoms with E-state index in [0.717, 1.165) is 16.3 Å². The quantitative estimate of drug-likeness (QED) is 0.349. The van der Waals surface area contributed by atoms with Gasteiger partial charge in [-0.3, -0.25) is 19.7 Å². The van der Waals surface area contributed by atoms with Gasteiger partial charge in [-0.15, -0.1) is 0 Å². The highest BCUT2D eigenvalue weighted by Gasteiger charge is 2.13. The molecule has 0 fully saturated rings. The predicted molar refractivity (Wildman–Crippen MR) is 108 cm³/mol. The number of halogens is 1. The fraction of sp³-hybridized carbons (Fsp3) is 0.100. The lowest BCUT2D eigenvalue weighted by Gasteiger charge is -2.09. The second kappa shape index (κ2) is 8.62. The summed E-state index contributed by atoms with van der Waals surface area (Å²) in [5, 5.41) is 15.3. The fourth-order valence-electron chi connectivity index (χ4n) is 2.70. The zero-order valence-corrected chi connectivity index (χ0v) is 16.1. The molecule has 0 saturated carbocycles. The number of fused-ring (bicyclic) bond motifs is 1. The average Bonchev–Trinajstić information content (AvgIpc) is 2.68. The first-order valence-corrected chi connectivity index (χ1v) is 9.09. The highest BCUT2D eigenvalue weighted by atomic mass is 79.9. The van der Waals surface area contributed by atoms with Gasteiger partial charge in [0.2, 0.25) is 0 Å². The minimum absolute atomic E-state index is 0.0514. The van der Waals surface area contributed by atoms with E-state index in [4.69, 9.17) is 4.74 Å². The summed E-state index contributed by atoms with van der Waals surface area (Å²) in [5.41, 5.74) is 1.06. The van der Waals surface area contributed by atoms with Gasteiger partial charge in [0.05, 0.1) is 17.0 Å². The first kappa shape index (κ1) is 19.5. The third kappa shape index (κ3) is 4.72. The lowest BCUT2D eigenvalue weighted by molar-refractivity contribution is -0.384. The van der Waals surface area contributed by atoms with Crippen molar-refractivity contribution in [2.24, 2.45) is 0 Å². The lowest BCUT2D eigenvalue weighted by Crippen LogP contribution is -2.21. The van der Waals surface area contributed by atoms with Crippen molar-refractivity contribution in [1.82, 2.24) is 0 Å². The molecule has 0 heterocycles. The molecule has 0 radical (unpaired) electrons. The molecule has 0 aliphatic rings. The average molecular weight is 443 g/mol. The summed E-state index contributed by atoms with van der Waals surface area (Å²) in [5.74, 6) is -1.06. The molecule has 142 valence electrons. The van der Waals surface area contributed by atoms with Gasteiger partial charge in [0.1, 0.15) is 0 Å². The number of carbonyl (C=O) groups is 2. The van der Waals surface area contributed by atoms with Crippen LogP contribution in [0.25, 0.3) is 10.8 Å². The fourth-order valence-corrected chi connectivity index (χ4v) is 3.17. The van der Waals surface area contributed by atoms with Crippen LogP contribution in [0, 0.1) is 10.1 Å². The molecular weight excluding hydrogens is 428 g/mol. The molecule has 0 saturated heterocycles. The molecule has 0 bridgehead atoms. The zero-order chi connectivity index (χ0) is 20.1. The second-order valence-corrected chi connectivity index (χ2v) is 6.80. The highest BCUT2D eigenvalue weighted by molar-refractivity contribution is 9.10. The van der Waals surface area contributed by atoms with Crippen LogP contribution >= 0.6 is 15.9 Å². The maximum atomic E-state index is 12.1. The smallest absolute Gasteiger partial charge is 0.310 e. The summed E-state index contributed by atoms with van der Waals surface area (Å²) < 4.78 is 5.41. The summed E-state index contributed by atoms with van der Waals surface area (Å²) in [6, 6.07) is 17.3. The number of nitrogens with zero attached hydrogens (tertiary/aromatic N) is 1. The molecule has 0 aromatic heterocycles. The van der Waals surface area contributed by atoms with Crippen molar-refractivity contribution < 1.29 is 19.2 Å². The van der Waals surface area contributed by atoms with Crippen molar-refractivity contribution in [3.63, 3.8) is 0 Å². The van der Waals surface area contributed by atoms with Crippen LogP contribution in [0.1, 0.15) is 5.56 Å². The Kier molecular flexibility index (Phi) is 6.00. The minimum atomic E-state index is -0.541. The molecule has 0 aliphatic heterocycles. The van der Waals surface area contributed by atoms with E-state index in [1.807, 2.05) is 42.5 Å². The van der Waals surface area contributed by atoms with Gasteiger partial charge in [0.15, 0.2) is 6.61 Å². The number of ether oxygens (including phenoxy) is 1. The maximum absolute atomic E-state index is 12.1. The molecule has 3 aromatic carbocycles. The summed E-state index contributed by atoms with van der Waals surface area (Å²) >= 11 is 3.16. The molecule has 1 amide bonds. The SMILES string of the molecule is O=C(COC(=O)Cc1cccc2ccccc12)Nc1ccc([N+](=O)[O-])cc1Br. The first-order chi connectivity index (χ1) is 13.4. The zero-order valence-electron chi connectivity index (χ0n) is 14.6. The Morgan fingerprint density at radius 1 is 1.07 bits per heavy atom. The molecule has 28 heavy (non-hydrogen) atoms. The molecule has 8 heteroatoms. The van der Waals surface area contributed by atoms with Crippen molar-refractivity contribution in [2.45, 2.75) is 6.42 Å². The van der Waals surface area contributed by atoms with Crippen molar-refractivity contribution >= 4 is 50.0 Å². The number of non-ortho nitro benzene ring substituents is 1. The summed E-state index contributed by atoms with van der Waals surface area (Å²) in [7, 11) is 0. The summed E-state index contributed by atoms with van der Waals surface area (Å²) in [6.07, 6.45) is 0.0514. The molecule has 1 N–H and O–H groups in total. The van der Waals surface area contributed by atoms with E-state index in [-0.39, 0.29) is 12.1 Å². The van der Waals surface area contributed by atoms with E-state index >= 15 is 0 Å². The summed E-state index contributed by atoms with van der Waals surface area (Å²) in [6.45, 7) is -0.451. The number of nitro groups is 1. The van der Waals surface area contributed by atoms with Crippen molar-refractivity contribution in [3.8, 4) is 0 Å². The normalized spacial score (nSPS) is 10.5. The van der Waals surface area contributed by atoms with Gasteiger partial charge in [0.25, 0.3) is 11.6 Å². The first-order valence-electron chi connectivity index (χ1n) is 8.30. The van der Waals surface area contributed by atoms with Crippen molar-refractivity contribution in [1.29, 1.82) is 0 Å². The molecule has 0 aliphatic carbocycles. The van der Waals surface area contributed by atoms with E-state index < -0.39 is 23.4 Å². The monoisotopic (exact) mass is 442 g/mol.